The molecular weight excluding hydrogens is 232 g/mol. The van der Waals surface area contributed by atoms with Gasteiger partial charge in [-0.1, -0.05) is 38.2 Å². The Morgan fingerprint density at radius 2 is 2.00 bits per heavy atom. The highest BCUT2D eigenvalue weighted by molar-refractivity contribution is 5.82. The molecule has 1 fully saturated rings. The molecule has 0 atom stereocenters. The van der Waals surface area contributed by atoms with Crippen molar-refractivity contribution in [2.24, 2.45) is 5.92 Å². The van der Waals surface area contributed by atoms with Gasteiger partial charge in [-0.3, -0.25) is 4.98 Å². The molecule has 2 aromatic rings. The van der Waals surface area contributed by atoms with E-state index in [1.165, 1.54) is 49.6 Å². The second kappa shape index (κ2) is 6.05. The first-order valence-corrected chi connectivity index (χ1v) is 7.50. The predicted octanol–water partition coefficient (Wildman–Crippen LogP) is 4.62. The van der Waals surface area contributed by atoms with Gasteiger partial charge in [0.1, 0.15) is 0 Å². The Hall–Kier alpha value is -1.57. The number of hydrogen-bond donors (Lipinski definition) is 1. The molecule has 1 heterocycles. The van der Waals surface area contributed by atoms with Crippen LogP contribution in [0, 0.1) is 5.92 Å². The Kier molecular flexibility index (Phi) is 3.97. The minimum Gasteiger partial charge on any atom is -0.385 e. The summed E-state index contributed by atoms with van der Waals surface area (Å²) in [7, 11) is 0. The van der Waals surface area contributed by atoms with Gasteiger partial charge >= 0.3 is 0 Å². The van der Waals surface area contributed by atoms with Crippen molar-refractivity contribution in [3.63, 3.8) is 0 Å². The van der Waals surface area contributed by atoms with Crippen LogP contribution in [0.15, 0.2) is 36.5 Å². The average Bonchev–Trinajstić information content (AvgIpc) is 2.48. The third-order valence-electron chi connectivity index (χ3n) is 4.21. The summed E-state index contributed by atoms with van der Waals surface area (Å²) in [5.74, 6) is 0.948. The topological polar surface area (TPSA) is 24.9 Å². The highest BCUT2D eigenvalue weighted by atomic mass is 14.9. The van der Waals surface area contributed by atoms with Gasteiger partial charge in [-0.05, 0) is 36.6 Å². The molecule has 0 saturated heterocycles. The summed E-state index contributed by atoms with van der Waals surface area (Å²) in [5, 5.41) is 4.77. The molecule has 0 radical (unpaired) electrons. The highest BCUT2D eigenvalue weighted by Crippen LogP contribution is 2.26. The van der Waals surface area contributed by atoms with E-state index in [4.69, 9.17) is 0 Å². The molecule has 1 aliphatic rings. The molecule has 3 rings (SSSR count). The fraction of sp³-hybridized carbons (Fsp3) is 0.471. The lowest BCUT2D eigenvalue weighted by atomic mass is 9.87. The number of aromatic nitrogens is 1. The van der Waals surface area contributed by atoms with Gasteiger partial charge in [-0.15, -0.1) is 0 Å². The third kappa shape index (κ3) is 3.25. The summed E-state index contributed by atoms with van der Waals surface area (Å²) in [6.07, 6.45) is 10.3. The maximum absolute atomic E-state index is 4.35. The first-order valence-electron chi connectivity index (χ1n) is 7.50. The van der Waals surface area contributed by atoms with Crippen LogP contribution in [0.4, 0.5) is 5.69 Å². The number of benzene rings is 1. The van der Waals surface area contributed by atoms with Gasteiger partial charge in [-0.25, -0.2) is 0 Å². The van der Waals surface area contributed by atoms with Crippen molar-refractivity contribution in [3.8, 4) is 0 Å². The van der Waals surface area contributed by atoms with E-state index < -0.39 is 0 Å². The lowest BCUT2D eigenvalue weighted by Crippen LogP contribution is -2.12. The van der Waals surface area contributed by atoms with Crippen LogP contribution in [-0.2, 0) is 0 Å². The van der Waals surface area contributed by atoms with E-state index in [0.717, 1.165) is 18.0 Å². The molecule has 0 amide bonds. The number of nitrogens with one attached hydrogen (secondary N) is 1. The van der Waals surface area contributed by atoms with Gasteiger partial charge in [0.15, 0.2) is 0 Å². The molecule has 1 aromatic heterocycles. The highest BCUT2D eigenvalue weighted by Gasteiger charge is 2.12. The quantitative estimate of drug-likeness (QED) is 0.861. The number of fused-ring (bicyclic) bond motifs is 1. The van der Waals surface area contributed by atoms with E-state index in [1.807, 2.05) is 12.3 Å². The second-order valence-electron chi connectivity index (χ2n) is 5.63. The van der Waals surface area contributed by atoms with Crippen LogP contribution in [0.3, 0.4) is 0 Å². The summed E-state index contributed by atoms with van der Waals surface area (Å²) in [5.41, 5.74) is 2.29. The first-order chi connectivity index (χ1) is 9.42. The normalized spacial score (nSPS) is 16.6. The first kappa shape index (κ1) is 12.5. The van der Waals surface area contributed by atoms with Crippen molar-refractivity contribution in [2.45, 2.75) is 38.5 Å². The Bertz CT molecular complexity index is 530. The molecule has 19 heavy (non-hydrogen) atoms. The van der Waals surface area contributed by atoms with Gasteiger partial charge in [-0.2, -0.15) is 0 Å². The number of nitrogens with zero attached hydrogens (tertiary/aromatic N) is 1. The SMILES string of the molecule is c1cnc2ccc(NCCC3CCCCC3)cc2c1. The van der Waals surface area contributed by atoms with Crippen molar-refractivity contribution in [3.05, 3.63) is 36.5 Å². The van der Waals surface area contributed by atoms with E-state index in [2.05, 4.69) is 34.6 Å². The van der Waals surface area contributed by atoms with Crippen molar-refractivity contribution >= 4 is 16.6 Å². The van der Waals surface area contributed by atoms with Crippen LogP contribution >= 0.6 is 0 Å². The number of rotatable bonds is 4. The Balaban J connectivity index is 1.56. The Morgan fingerprint density at radius 3 is 2.89 bits per heavy atom. The molecule has 100 valence electrons. The molecule has 2 nitrogen and oxygen atoms in total. The zero-order valence-corrected chi connectivity index (χ0v) is 11.4. The molecule has 2 heteroatoms. The molecule has 1 saturated carbocycles. The van der Waals surface area contributed by atoms with Crippen molar-refractivity contribution in [2.75, 3.05) is 11.9 Å². The monoisotopic (exact) mass is 254 g/mol. The molecule has 1 aromatic carbocycles. The maximum atomic E-state index is 4.35. The van der Waals surface area contributed by atoms with Gasteiger partial charge in [0.25, 0.3) is 0 Å². The number of hydrogen-bond acceptors (Lipinski definition) is 2. The van der Waals surface area contributed by atoms with Gasteiger partial charge in [0.2, 0.25) is 0 Å². The molecule has 1 aliphatic carbocycles. The predicted molar refractivity (Wildman–Crippen MR) is 81.4 cm³/mol. The van der Waals surface area contributed by atoms with Crippen LogP contribution in [0.1, 0.15) is 38.5 Å². The van der Waals surface area contributed by atoms with E-state index in [1.54, 1.807) is 0 Å². The van der Waals surface area contributed by atoms with Crippen LogP contribution in [0.5, 0.6) is 0 Å². The fourth-order valence-electron chi connectivity index (χ4n) is 3.08. The number of anilines is 1. The maximum Gasteiger partial charge on any atom is 0.0703 e. The Labute approximate surface area is 115 Å². The minimum atomic E-state index is 0.948. The molecular formula is C17H22N2. The fourth-order valence-corrected chi connectivity index (χ4v) is 3.08. The summed E-state index contributed by atoms with van der Waals surface area (Å²) in [6.45, 7) is 1.09. The van der Waals surface area contributed by atoms with Gasteiger partial charge in [0.05, 0.1) is 5.52 Å². The van der Waals surface area contributed by atoms with Gasteiger partial charge in [0, 0.05) is 23.8 Å². The smallest absolute Gasteiger partial charge is 0.0703 e. The molecule has 1 N–H and O–H groups in total. The Morgan fingerprint density at radius 1 is 1.11 bits per heavy atom. The summed E-state index contributed by atoms with van der Waals surface area (Å²) in [4.78, 5) is 4.35. The van der Waals surface area contributed by atoms with Crippen LogP contribution in [0.25, 0.3) is 10.9 Å². The van der Waals surface area contributed by atoms with E-state index in [9.17, 15) is 0 Å². The zero-order valence-electron chi connectivity index (χ0n) is 11.4. The molecule has 0 aliphatic heterocycles. The average molecular weight is 254 g/mol. The third-order valence-corrected chi connectivity index (χ3v) is 4.21. The lowest BCUT2D eigenvalue weighted by Gasteiger charge is -2.21. The summed E-state index contributed by atoms with van der Waals surface area (Å²) >= 11 is 0. The lowest BCUT2D eigenvalue weighted by molar-refractivity contribution is 0.345. The summed E-state index contributed by atoms with van der Waals surface area (Å²) < 4.78 is 0. The minimum absolute atomic E-state index is 0.948. The van der Waals surface area contributed by atoms with Crippen molar-refractivity contribution in [1.82, 2.24) is 4.98 Å². The molecule has 0 unspecified atom stereocenters. The van der Waals surface area contributed by atoms with Gasteiger partial charge < -0.3 is 5.32 Å². The van der Waals surface area contributed by atoms with Crippen LogP contribution in [-0.4, -0.2) is 11.5 Å². The zero-order chi connectivity index (χ0) is 12.9. The van der Waals surface area contributed by atoms with Crippen molar-refractivity contribution in [1.29, 1.82) is 0 Å². The molecule has 0 bridgehead atoms. The second-order valence-corrected chi connectivity index (χ2v) is 5.63. The van der Waals surface area contributed by atoms with E-state index >= 15 is 0 Å². The van der Waals surface area contributed by atoms with E-state index in [-0.39, 0.29) is 0 Å². The van der Waals surface area contributed by atoms with Crippen LogP contribution in [0.2, 0.25) is 0 Å². The summed E-state index contributed by atoms with van der Waals surface area (Å²) in [6, 6.07) is 10.5. The largest absolute Gasteiger partial charge is 0.385 e. The van der Waals surface area contributed by atoms with Crippen LogP contribution < -0.4 is 5.32 Å². The number of pyridine rings is 1. The molecule has 0 spiro atoms. The standard InChI is InChI=1S/C17H22N2/c1-2-5-14(6-3-1)10-12-18-16-8-9-17-15(13-16)7-4-11-19-17/h4,7-9,11,13-14,18H,1-3,5-6,10,12H2. The van der Waals surface area contributed by atoms with E-state index in [0.29, 0.717) is 0 Å². The van der Waals surface area contributed by atoms with Crippen molar-refractivity contribution < 1.29 is 0 Å².